The maximum Gasteiger partial charge on any atom is 1.00 e. The molecule has 2 saturated heterocycles. The van der Waals surface area contributed by atoms with E-state index in [2.05, 4.69) is 79.3 Å². The fourth-order valence-corrected chi connectivity index (χ4v) is 15.0. The molecule has 2 saturated carbocycles. The minimum Gasteiger partial charge on any atom is -0.448 e. The Morgan fingerprint density at radius 3 is 1.45 bits per heavy atom. The number of fused-ring (bicyclic) bond motifs is 6. The minimum absolute atomic E-state index is 0. The summed E-state index contributed by atoms with van der Waals surface area (Å²) in [5.41, 5.74) is 11.8. The number of ketones is 4. The molecule has 4 aliphatic carbocycles. The molecular formula is C82H97KN4O12. The number of carbonyl (C=O) groups excluding carboxylic acids is 6. The number of hydrogen-bond donors (Lipinski definition) is 1. The van der Waals surface area contributed by atoms with Gasteiger partial charge in [0.05, 0.1) is 30.6 Å². The van der Waals surface area contributed by atoms with Crippen molar-refractivity contribution in [2.75, 3.05) is 40.5 Å². The molecule has 1 N–H and O–H groups in total. The Bertz CT molecular complexity index is 3720. The Morgan fingerprint density at radius 2 is 1.03 bits per heavy atom. The molecule has 0 aromatic heterocycles. The Morgan fingerprint density at radius 1 is 0.616 bits per heavy atom. The number of hydrogen-bond acceptors (Lipinski definition) is 14. The second-order valence-electron chi connectivity index (χ2n) is 27.0. The molecule has 6 aromatic rings. The smallest absolute Gasteiger partial charge is 0.448 e. The van der Waals surface area contributed by atoms with Crippen LogP contribution in [0.2, 0.25) is 0 Å². The molecule has 2 amide bonds. The van der Waals surface area contributed by atoms with Gasteiger partial charge in [0.2, 0.25) is 0 Å². The summed E-state index contributed by atoms with van der Waals surface area (Å²) >= 11 is 0. The van der Waals surface area contributed by atoms with E-state index >= 15 is 0 Å². The summed E-state index contributed by atoms with van der Waals surface area (Å²) in [5, 5.41) is 15.4. The number of amides is 2. The van der Waals surface area contributed by atoms with Crippen molar-refractivity contribution in [1.82, 2.24) is 9.80 Å². The second-order valence-corrected chi connectivity index (χ2v) is 27.0. The molecule has 4 fully saturated rings. The van der Waals surface area contributed by atoms with E-state index in [4.69, 9.17) is 29.0 Å². The van der Waals surface area contributed by atoms with E-state index in [0.29, 0.717) is 56.9 Å². The zero-order chi connectivity index (χ0) is 67.3. The number of Topliss-reactive ketones (excluding diaryl/α,β-unsaturated/α-hetero) is 4. The molecule has 16 nitrogen and oxygen atoms in total. The largest absolute Gasteiger partial charge is 1.00 e. The van der Waals surface area contributed by atoms with Crippen LogP contribution in [0.4, 0.5) is 9.59 Å². The summed E-state index contributed by atoms with van der Waals surface area (Å²) < 4.78 is 23.4. The predicted molar refractivity (Wildman–Crippen MR) is 382 cm³/mol. The van der Waals surface area contributed by atoms with Gasteiger partial charge in [0, 0.05) is 71.1 Å². The Kier molecular flexibility index (Phi) is 28.5. The summed E-state index contributed by atoms with van der Waals surface area (Å²) in [7, 11) is 3.12. The van der Waals surface area contributed by atoms with Gasteiger partial charge in [-0.15, -0.1) is 0 Å². The SMILES string of the molecule is C.C=C1C[C@@H](C(=O)C[C@@H](CCC)C(OC)C(=O)CC2CC2)N(C(=O)OCC2c3ccccc3-c3ccccc32)C1.CCC[C@H](CC(=O)[C@@H]1C[C@]2(CC(c3ccccc3)=NO2)CN1C(=O)OCC1c2ccccc2-c2ccccc21)C(OC)C(=O)CC1CC1.O/N=C\c1ccccc1.[CH3-].[K+]. The Balaban J connectivity index is 0.000000221. The van der Waals surface area contributed by atoms with Gasteiger partial charge in [-0.05, 0) is 124 Å². The molecule has 99 heavy (non-hydrogen) atoms. The van der Waals surface area contributed by atoms with E-state index < -0.39 is 42.1 Å². The van der Waals surface area contributed by atoms with Gasteiger partial charge in [0.25, 0.3) is 0 Å². The van der Waals surface area contributed by atoms with Gasteiger partial charge in [-0.3, -0.25) is 29.0 Å². The first-order chi connectivity index (χ1) is 46.7. The number of carbonyl (C=O) groups is 6. The van der Waals surface area contributed by atoms with E-state index in [1.807, 2.05) is 109 Å². The quantitative estimate of drug-likeness (QED) is 0.0135. The number of ether oxygens (including phenoxy) is 4. The maximum absolute atomic E-state index is 14.3. The molecule has 13 rings (SSSR count). The summed E-state index contributed by atoms with van der Waals surface area (Å²) in [6.45, 7) is 9.03. The molecule has 7 aliphatic rings. The summed E-state index contributed by atoms with van der Waals surface area (Å²) in [6, 6.07) is 50.7. The summed E-state index contributed by atoms with van der Waals surface area (Å²) in [5.74, 6) is 0.307. The van der Waals surface area contributed by atoms with E-state index in [1.54, 1.807) is 19.1 Å². The third kappa shape index (κ3) is 18.9. The van der Waals surface area contributed by atoms with Gasteiger partial charge < -0.3 is 36.4 Å². The average molecular weight is 1370 g/mol. The standard InChI is InChI=1S/C40H44N2O6.C33H39NO5.C7H7NO.CH4.CH3.K/c1-3-11-28(38(46-2)37(44)20-26-18-19-26)21-36(43)35-23-40(22-34(41-48-40)27-12-5-4-6-13-27)25-42(35)39(45)47-24-33-31-16-9-7-14-29(31)30-15-8-10-17-32(30)33;1-4-9-23(32(38-3)31(36)17-22-14-15-22)18-30(35)29-16-21(2)19-34(29)33(37)39-20-28-26-12-7-5-10-24(26)25-11-6-8-13-27(25)28;9-8-6-7-4-2-1-3-5-7;;;/h4-10,12-17,26,28,33,35,38H,3,11,18-25H2,1-2H3;5-8,10-13,22-23,28-29,32H,2,4,9,14-20H2,1,3H3;1-6,9H;1H4;1H3;/q;;;;-1;+1/b;;8-6-;;;/t28-,35+,38?,40-;23-,29+,32?;;;;/m11..../s1. The minimum atomic E-state index is -0.834. The van der Waals surface area contributed by atoms with Gasteiger partial charge in [0.15, 0.2) is 28.7 Å². The first-order valence-corrected chi connectivity index (χ1v) is 34.3. The van der Waals surface area contributed by atoms with Crippen LogP contribution in [0.25, 0.3) is 22.3 Å². The second kappa shape index (κ2) is 36.4. The number of rotatable bonds is 26. The Hall–Kier alpha value is -7.22. The fraction of sp³-hybridized carbons (Fsp3) is 0.427. The first kappa shape index (κ1) is 77.5. The van der Waals surface area contributed by atoms with Crippen LogP contribution in [0.1, 0.15) is 163 Å². The summed E-state index contributed by atoms with van der Waals surface area (Å²) in [6.07, 6.45) is 9.14. The van der Waals surface area contributed by atoms with Crippen molar-refractivity contribution in [3.63, 3.8) is 0 Å². The zero-order valence-electron chi connectivity index (χ0n) is 57.7. The Labute approximate surface area is 627 Å². The molecule has 7 atom stereocenters. The monoisotopic (exact) mass is 1370 g/mol. The van der Waals surface area contributed by atoms with Crippen LogP contribution in [0.5, 0.6) is 0 Å². The molecule has 0 radical (unpaired) electrons. The van der Waals surface area contributed by atoms with Crippen molar-refractivity contribution in [2.24, 2.45) is 34.0 Å². The van der Waals surface area contributed by atoms with E-state index in [0.717, 1.165) is 101 Å². The number of likely N-dealkylation sites (tertiary alicyclic amines) is 2. The van der Waals surface area contributed by atoms with Gasteiger partial charge in [-0.1, -0.05) is 214 Å². The molecule has 518 valence electrons. The van der Waals surface area contributed by atoms with E-state index in [1.165, 1.54) is 22.2 Å². The molecule has 2 unspecified atom stereocenters. The third-order valence-corrected chi connectivity index (χ3v) is 20.1. The van der Waals surface area contributed by atoms with Gasteiger partial charge in [0.1, 0.15) is 25.4 Å². The predicted octanol–water partition coefficient (Wildman–Crippen LogP) is 13.2. The molecule has 6 aromatic carbocycles. The van der Waals surface area contributed by atoms with Gasteiger partial charge >= 0.3 is 63.6 Å². The normalized spacial score (nSPS) is 19.7. The van der Waals surface area contributed by atoms with Crippen molar-refractivity contribution in [3.05, 3.63) is 211 Å². The third-order valence-electron chi connectivity index (χ3n) is 20.1. The van der Waals surface area contributed by atoms with Crippen molar-refractivity contribution in [1.29, 1.82) is 0 Å². The van der Waals surface area contributed by atoms with Gasteiger partial charge in [-0.2, -0.15) is 0 Å². The molecule has 3 heterocycles. The van der Waals surface area contributed by atoms with Crippen molar-refractivity contribution >= 4 is 47.2 Å². The molecule has 3 aliphatic heterocycles. The topological polar surface area (TPSA) is 200 Å². The van der Waals surface area contributed by atoms with Crippen LogP contribution in [0.15, 0.2) is 180 Å². The van der Waals surface area contributed by atoms with Crippen molar-refractivity contribution < 1.29 is 109 Å². The number of nitrogens with zero attached hydrogens (tertiary/aromatic N) is 4. The van der Waals surface area contributed by atoms with E-state index in [-0.39, 0.29) is 146 Å². The zero-order valence-corrected chi connectivity index (χ0v) is 60.9. The fourth-order valence-electron chi connectivity index (χ4n) is 15.0. The van der Waals surface area contributed by atoms with Crippen molar-refractivity contribution in [3.8, 4) is 22.3 Å². The van der Waals surface area contributed by atoms with Crippen LogP contribution in [-0.4, -0.2) is 133 Å². The van der Waals surface area contributed by atoms with Gasteiger partial charge in [-0.25, -0.2) is 9.59 Å². The number of methoxy groups -OCH3 is 2. The van der Waals surface area contributed by atoms with E-state index in [9.17, 15) is 28.8 Å². The molecule has 17 heteroatoms. The van der Waals surface area contributed by atoms with Crippen LogP contribution < -0.4 is 51.4 Å². The first-order valence-electron chi connectivity index (χ1n) is 34.3. The average Bonchev–Trinajstić information content (AvgIpc) is 1.61. The molecule has 0 bridgehead atoms. The van der Waals surface area contributed by atoms with Crippen LogP contribution in [0.3, 0.4) is 0 Å². The number of benzene rings is 6. The number of oxime groups is 2. The maximum atomic E-state index is 14.3. The summed E-state index contributed by atoms with van der Waals surface area (Å²) in [4.78, 5) is 90.6. The molecule has 1 spiro atoms. The van der Waals surface area contributed by atoms with Crippen LogP contribution in [-0.2, 0) is 43.0 Å². The van der Waals surface area contributed by atoms with Crippen LogP contribution >= 0.6 is 0 Å². The molecular weight excluding hydrogens is 1270 g/mol. The van der Waals surface area contributed by atoms with Crippen molar-refractivity contribution in [2.45, 2.75) is 159 Å². The van der Waals surface area contributed by atoms with Crippen LogP contribution in [0, 0.1) is 31.1 Å².